The number of ether oxygens (including phenoxy) is 3. The Morgan fingerprint density at radius 2 is 1.71 bits per heavy atom. The van der Waals surface area contributed by atoms with Crippen LogP contribution in [0.15, 0.2) is 17.7 Å². The van der Waals surface area contributed by atoms with Crippen molar-refractivity contribution in [2.24, 2.45) is 0 Å². The van der Waals surface area contributed by atoms with Crippen molar-refractivity contribution in [3.63, 3.8) is 0 Å². The van der Waals surface area contributed by atoms with Crippen molar-refractivity contribution in [1.29, 1.82) is 0 Å². The maximum atomic E-state index is 11.6. The molecular formula is C14H16O7. The molecule has 0 aliphatic carbocycles. The lowest BCUT2D eigenvalue weighted by Gasteiger charge is -2.10. The molecular weight excluding hydrogens is 280 g/mol. The van der Waals surface area contributed by atoms with E-state index >= 15 is 0 Å². The van der Waals surface area contributed by atoms with E-state index in [9.17, 15) is 14.7 Å². The van der Waals surface area contributed by atoms with Gasteiger partial charge in [0.05, 0.1) is 20.8 Å². The van der Waals surface area contributed by atoms with Crippen molar-refractivity contribution < 1.29 is 34.0 Å². The topological polar surface area (TPSA) is 102 Å². The number of hydrogen-bond acceptors (Lipinski definition) is 6. The summed E-state index contributed by atoms with van der Waals surface area (Å²) in [5.74, 6) is -2.40. The number of phenolic OH excluding ortho intramolecular Hbond substituents is 1. The molecule has 0 spiro atoms. The highest BCUT2D eigenvalue weighted by Crippen LogP contribution is 2.37. The van der Waals surface area contributed by atoms with Crippen LogP contribution in [0.5, 0.6) is 17.2 Å². The van der Waals surface area contributed by atoms with Gasteiger partial charge in [-0.25, -0.2) is 9.59 Å². The SMILES string of the molecule is CCOC(=O)/C(=C\c1cc(OC)c(O)c(OC)c1)C(=O)O. The molecule has 0 heterocycles. The summed E-state index contributed by atoms with van der Waals surface area (Å²) in [6, 6.07) is 2.75. The molecule has 0 amide bonds. The number of carboxylic acid groups (broad SMARTS) is 1. The van der Waals surface area contributed by atoms with Gasteiger partial charge in [0, 0.05) is 0 Å². The van der Waals surface area contributed by atoms with E-state index in [1.807, 2.05) is 0 Å². The number of aromatic hydroxyl groups is 1. The van der Waals surface area contributed by atoms with Gasteiger partial charge in [-0.2, -0.15) is 0 Å². The largest absolute Gasteiger partial charge is 0.502 e. The predicted molar refractivity (Wildman–Crippen MR) is 73.5 cm³/mol. The van der Waals surface area contributed by atoms with Gasteiger partial charge in [0.2, 0.25) is 5.75 Å². The van der Waals surface area contributed by atoms with Crippen LogP contribution in [0, 0.1) is 0 Å². The molecule has 1 rings (SSSR count). The molecule has 0 bridgehead atoms. The van der Waals surface area contributed by atoms with Gasteiger partial charge in [-0.15, -0.1) is 0 Å². The summed E-state index contributed by atoms with van der Waals surface area (Å²) in [5, 5.41) is 18.8. The molecule has 1 aromatic rings. The summed E-state index contributed by atoms with van der Waals surface area (Å²) in [5.41, 5.74) is -0.224. The van der Waals surface area contributed by atoms with Crippen LogP contribution in [0.2, 0.25) is 0 Å². The molecule has 0 aromatic heterocycles. The first-order valence-corrected chi connectivity index (χ1v) is 6.01. The standard InChI is InChI=1S/C14H16O7/c1-4-21-14(18)9(13(16)17)5-8-6-10(19-2)12(15)11(7-8)20-3/h5-7,15H,4H2,1-3H3,(H,16,17)/b9-5-. The van der Waals surface area contributed by atoms with Gasteiger partial charge in [-0.1, -0.05) is 0 Å². The zero-order chi connectivity index (χ0) is 16.0. The zero-order valence-corrected chi connectivity index (χ0v) is 11.9. The Kier molecular flexibility index (Phi) is 5.59. The molecule has 7 nitrogen and oxygen atoms in total. The lowest BCUT2D eigenvalue weighted by Crippen LogP contribution is -2.15. The third-order valence-electron chi connectivity index (χ3n) is 2.54. The van der Waals surface area contributed by atoms with Gasteiger partial charge >= 0.3 is 11.9 Å². The van der Waals surface area contributed by atoms with E-state index in [1.54, 1.807) is 6.92 Å². The van der Waals surface area contributed by atoms with Gasteiger partial charge < -0.3 is 24.4 Å². The molecule has 0 radical (unpaired) electrons. The second kappa shape index (κ2) is 7.18. The Hall–Kier alpha value is -2.70. The second-order valence-corrected chi connectivity index (χ2v) is 3.86. The van der Waals surface area contributed by atoms with Crippen molar-refractivity contribution in [1.82, 2.24) is 0 Å². The number of benzene rings is 1. The minimum atomic E-state index is -1.42. The minimum Gasteiger partial charge on any atom is -0.502 e. The van der Waals surface area contributed by atoms with Crippen molar-refractivity contribution in [3.05, 3.63) is 23.3 Å². The van der Waals surface area contributed by atoms with E-state index in [0.29, 0.717) is 5.56 Å². The number of aliphatic carboxylic acids is 1. The van der Waals surface area contributed by atoms with Crippen molar-refractivity contribution >= 4 is 18.0 Å². The van der Waals surface area contributed by atoms with Crippen LogP contribution >= 0.6 is 0 Å². The monoisotopic (exact) mass is 296 g/mol. The molecule has 0 aliphatic rings. The molecule has 1 aromatic carbocycles. The van der Waals surface area contributed by atoms with Crippen LogP contribution in [-0.2, 0) is 14.3 Å². The Balaban J connectivity index is 3.33. The molecule has 0 aliphatic heterocycles. The van der Waals surface area contributed by atoms with E-state index in [4.69, 9.17) is 14.6 Å². The number of esters is 1. The smallest absolute Gasteiger partial charge is 0.345 e. The van der Waals surface area contributed by atoms with E-state index in [2.05, 4.69) is 4.74 Å². The summed E-state index contributed by atoms with van der Waals surface area (Å²) < 4.78 is 14.6. The fourth-order valence-electron chi connectivity index (χ4n) is 1.58. The maximum absolute atomic E-state index is 11.6. The van der Waals surface area contributed by atoms with Crippen LogP contribution in [-0.4, -0.2) is 43.0 Å². The summed E-state index contributed by atoms with van der Waals surface area (Å²) in [4.78, 5) is 22.7. The van der Waals surface area contributed by atoms with Crippen LogP contribution < -0.4 is 9.47 Å². The minimum absolute atomic E-state index is 0.0612. The lowest BCUT2D eigenvalue weighted by atomic mass is 10.1. The Labute approximate surface area is 121 Å². The number of rotatable bonds is 6. The first kappa shape index (κ1) is 16.4. The van der Waals surface area contributed by atoms with E-state index in [1.165, 1.54) is 26.4 Å². The summed E-state index contributed by atoms with van der Waals surface area (Å²) in [6.07, 6.45) is 1.12. The Morgan fingerprint density at radius 1 is 1.19 bits per heavy atom. The summed E-state index contributed by atoms with van der Waals surface area (Å²) >= 11 is 0. The number of methoxy groups -OCH3 is 2. The van der Waals surface area contributed by atoms with Crippen LogP contribution in [0.3, 0.4) is 0 Å². The highest BCUT2D eigenvalue weighted by atomic mass is 16.5. The number of hydrogen-bond donors (Lipinski definition) is 2. The Bertz CT molecular complexity index is 550. The summed E-state index contributed by atoms with van der Waals surface area (Å²) in [6.45, 7) is 1.63. The van der Waals surface area contributed by atoms with Gasteiger partial charge in [0.15, 0.2) is 11.5 Å². The average Bonchev–Trinajstić information content (AvgIpc) is 2.45. The van der Waals surface area contributed by atoms with Crippen LogP contribution in [0.1, 0.15) is 12.5 Å². The normalized spacial score (nSPS) is 10.9. The van der Waals surface area contributed by atoms with E-state index in [-0.39, 0.29) is 23.9 Å². The van der Waals surface area contributed by atoms with Crippen LogP contribution in [0.25, 0.3) is 6.08 Å². The fourth-order valence-corrected chi connectivity index (χ4v) is 1.58. The number of carbonyl (C=O) groups is 2. The zero-order valence-electron chi connectivity index (χ0n) is 11.9. The lowest BCUT2D eigenvalue weighted by molar-refractivity contribution is -0.143. The first-order chi connectivity index (χ1) is 9.94. The van der Waals surface area contributed by atoms with Crippen molar-refractivity contribution in [2.45, 2.75) is 6.92 Å². The Morgan fingerprint density at radius 3 is 2.10 bits per heavy atom. The van der Waals surface area contributed by atoms with Gasteiger partial charge in [-0.3, -0.25) is 0 Å². The number of carboxylic acids is 1. The second-order valence-electron chi connectivity index (χ2n) is 3.86. The molecule has 0 fully saturated rings. The van der Waals surface area contributed by atoms with Crippen molar-refractivity contribution in [2.75, 3.05) is 20.8 Å². The third kappa shape index (κ3) is 3.88. The molecule has 0 unspecified atom stereocenters. The molecule has 7 heteroatoms. The molecule has 21 heavy (non-hydrogen) atoms. The van der Waals surface area contributed by atoms with Gasteiger partial charge in [0.1, 0.15) is 5.57 Å². The maximum Gasteiger partial charge on any atom is 0.345 e. The van der Waals surface area contributed by atoms with Gasteiger partial charge in [-0.05, 0) is 30.7 Å². The third-order valence-corrected chi connectivity index (χ3v) is 2.54. The number of carbonyl (C=O) groups excluding carboxylic acids is 1. The average molecular weight is 296 g/mol. The van der Waals surface area contributed by atoms with Crippen molar-refractivity contribution in [3.8, 4) is 17.2 Å². The highest BCUT2D eigenvalue weighted by Gasteiger charge is 2.19. The summed E-state index contributed by atoms with van der Waals surface area (Å²) in [7, 11) is 2.68. The van der Waals surface area contributed by atoms with Gasteiger partial charge in [0.25, 0.3) is 0 Å². The predicted octanol–water partition coefficient (Wildman–Crippen LogP) is 1.44. The molecule has 0 atom stereocenters. The molecule has 0 saturated carbocycles. The highest BCUT2D eigenvalue weighted by molar-refractivity contribution is 6.17. The van der Waals surface area contributed by atoms with E-state index in [0.717, 1.165) is 6.08 Å². The fraction of sp³-hybridized carbons (Fsp3) is 0.286. The van der Waals surface area contributed by atoms with Crippen LogP contribution in [0.4, 0.5) is 0 Å². The molecule has 114 valence electrons. The molecule has 0 saturated heterocycles. The first-order valence-electron chi connectivity index (χ1n) is 6.01. The quantitative estimate of drug-likeness (QED) is 0.354. The van der Waals surface area contributed by atoms with E-state index < -0.39 is 17.5 Å². The number of phenols is 1. The molecule has 2 N–H and O–H groups in total.